The highest BCUT2D eigenvalue weighted by atomic mass is 79.9. The lowest BCUT2D eigenvalue weighted by atomic mass is 10.1. The predicted molar refractivity (Wildman–Crippen MR) is 92.0 cm³/mol. The van der Waals surface area contributed by atoms with E-state index < -0.39 is 0 Å². The zero-order valence-corrected chi connectivity index (χ0v) is 14.5. The van der Waals surface area contributed by atoms with Crippen molar-refractivity contribution in [3.05, 3.63) is 62.6 Å². The molecule has 0 aliphatic carbocycles. The molecule has 0 fully saturated rings. The van der Waals surface area contributed by atoms with Gasteiger partial charge in [0.15, 0.2) is 0 Å². The Bertz CT molecular complexity index is 628. The van der Waals surface area contributed by atoms with E-state index in [0.717, 1.165) is 38.4 Å². The molecular formula is C17H19BrClNO. The van der Waals surface area contributed by atoms with Crippen LogP contribution in [-0.4, -0.2) is 6.04 Å². The molecule has 0 saturated heterocycles. The van der Waals surface area contributed by atoms with Crippen LogP contribution in [0.3, 0.4) is 0 Å². The summed E-state index contributed by atoms with van der Waals surface area (Å²) in [5.74, 6) is 0.854. The fourth-order valence-electron chi connectivity index (χ4n) is 2.12. The molecule has 2 aromatic rings. The minimum atomic E-state index is 0.0876. The van der Waals surface area contributed by atoms with E-state index in [-0.39, 0.29) is 6.04 Å². The van der Waals surface area contributed by atoms with Gasteiger partial charge >= 0.3 is 0 Å². The van der Waals surface area contributed by atoms with Crippen LogP contribution in [0.15, 0.2) is 40.9 Å². The molecule has 0 bridgehead atoms. The minimum Gasteiger partial charge on any atom is -0.489 e. The predicted octanol–water partition coefficient (Wildman–Crippen LogP) is 4.88. The standard InChI is InChI=1S/C17H19BrClNO/c1-11-3-4-13(16(19)7-11)10-21-17-6-5-15(18)9-14(17)8-12(2)20/h3-7,9,12H,8,10,20H2,1-2H3. The van der Waals surface area contributed by atoms with E-state index in [9.17, 15) is 0 Å². The van der Waals surface area contributed by atoms with Crippen molar-refractivity contribution in [2.45, 2.75) is 32.9 Å². The number of hydrogen-bond acceptors (Lipinski definition) is 2. The Morgan fingerprint density at radius 3 is 2.62 bits per heavy atom. The highest BCUT2D eigenvalue weighted by Crippen LogP contribution is 2.26. The van der Waals surface area contributed by atoms with Crippen molar-refractivity contribution in [1.82, 2.24) is 0 Å². The molecule has 0 aliphatic heterocycles. The molecule has 0 heterocycles. The van der Waals surface area contributed by atoms with Crippen molar-refractivity contribution in [3.8, 4) is 5.75 Å². The Hall–Kier alpha value is -1.03. The summed E-state index contributed by atoms with van der Waals surface area (Å²) in [4.78, 5) is 0. The maximum atomic E-state index is 6.24. The zero-order valence-electron chi connectivity index (χ0n) is 12.2. The van der Waals surface area contributed by atoms with Crippen LogP contribution < -0.4 is 10.5 Å². The smallest absolute Gasteiger partial charge is 0.123 e. The first-order valence-corrected chi connectivity index (χ1v) is 8.04. The molecule has 1 atom stereocenters. The van der Waals surface area contributed by atoms with E-state index in [0.29, 0.717) is 6.61 Å². The highest BCUT2D eigenvalue weighted by Gasteiger charge is 2.09. The van der Waals surface area contributed by atoms with Crippen molar-refractivity contribution < 1.29 is 4.74 Å². The first-order chi connectivity index (χ1) is 9.95. The first-order valence-electron chi connectivity index (χ1n) is 6.87. The summed E-state index contributed by atoms with van der Waals surface area (Å²) in [6, 6.07) is 12.1. The molecule has 112 valence electrons. The average Bonchev–Trinajstić information content (AvgIpc) is 2.39. The summed E-state index contributed by atoms with van der Waals surface area (Å²) in [5, 5.41) is 0.737. The van der Waals surface area contributed by atoms with Crippen molar-refractivity contribution in [2.75, 3.05) is 0 Å². The molecule has 4 heteroatoms. The molecule has 21 heavy (non-hydrogen) atoms. The molecule has 2 aromatic carbocycles. The van der Waals surface area contributed by atoms with E-state index in [1.807, 2.05) is 44.2 Å². The van der Waals surface area contributed by atoms with Crippen LogP contribution in [0.25, 0.3) is 0 Å². The molecule has 1 unspecified atom stereocenters. The summed E-state index contributed by atoms with van der Waals surface area (Å²) in [6.07, 6.45) is 0.774. The van der Waals surface area contributed by atoms with Gasteiger partial charge in [-0.05, 0) is 55.7 Å². The number of benzene rings is 2. The molecule has 0 aliphatic rings. The fourth-order valence-corrected chi connectivity index (χ4v) is 2.82. The number of halogens is 2. The SMILES string of the molecule is Cc1ccc(COc2ccc(Br)cc2CC(C)N)c(Cl)c1. The average molecular weight is 369 g/mol. The lowest BCUT2D eigenvalue weighted by Gasteiger charge is -2.14. The van der Waals surface area contributed by atoms with Gasteiger partial charge in [-0.25, -0.2) is 0 Å². The lowest BCUT2D eigenvalue weighted by Crippen LogP contribution is -2.18. The van der Waals surface area contributed by atoms with Gasteiger partial charge in [0.1, 0.15) is 12.4 Å². The summed E-state index contributed by atoms with van der Waals surface area (Å²) in [6.45, 7) is 4.46. The Balaban J connectivity index is 2.15. The third-order valence-electron chi connectivity index (χ3n) is 3.16. The second-order valence-corrected chi connectivity index (χ2v) is 6.64. The molecule has 2 N–H and O–H groups in total. The van der Waals surface area contributed by atoms with E-state index in [4.69, 9.17) is 22.1 Å². The van der Waals surface area contributed by atoms with E-state index in [1.54, 1.807) is 0 Å². The highest BCUT2D eigenvalue weighted by molar-refractivity contribution is 9.10. The molecule has 2 rings (SSSR count). The number of ether oxygens (including phenoxy) is 1. The lowest BCUT2D eigenvalue weighted by molar-refractivity contribution is 0.302. The number of hydrogen-bond donors (Lipinski definition) is 1. The summed E-state index contributed by atoms with van der Waals surface area (Å²) < 4.78 is 6.97. The quantitative estimate of drug-likeness (QED) is 0.816. The van der Waals surface area contributed by atoms with Gasteiger partial charge in [-0.1, -0.05) is 39.7 Å². The van der Waals surface area contributed by atoms with Crippen LogP contribution in [0.5, 0.6) is 5.75 Å². The van der Waals surface area contributed by atoms with E-state index in [2.05, 4.69) is 22.0 Å². The number of aryl methyl sites for hydroxylation is 1. The largest absolute Gasteiger partial charge is 0.489 e. The molecule has 0 amide bonds. The van der Waals surface area contributed by atoms with Crippen LogP contribution in [0.2, 0.25) is 5.02 Å². The van der Waals surface area contributed by atoms with Gasteiger partial charge in [-0.3, -0.25) is 0 Å². The molecule has 0 aromatic heterocycles. The number of rotatable bonds is 5. The normalized spacial score (nSPS) is 12.2. The zero-order chi connectivity index (χ0) is 15.4. The molecule has 0 radical (unpaired) electrons. The van der Waals surface area contributed by atoms with Gasteiger partial charge in [0.25, 0.3) is 0 Å². The fraction of sp³-hybridized carbons (Fsp3) is 0.294. The van der Waals surface area contributed by atoms with Gasteiger partial charge in [0, 0.05) is 21.1 Å². The van der Waals surface area contributed by atoms with Gasteiger partial charge in [-0.2, -0.15) is 0 Å². The molecule has 0 saturated carbocycles. The Labute approximate surface area is 139 Å². The molecular weight excluding hydrogens is 350 g/mol. The Morgan fingerprint density at radius 2 is 1.95 bits per heavy atom. The topological polar surface area (TPSA) is 35.2 Å². The number of nitrogens with two attached hydrogens (primary N) is 1. The van der Waals surface area contributed by atoms with E-state index >= 15 is 0 Å². The molecule has 2 nitrogen and oxygen atoms in total. The molecule has 0 spiro atoms. The van der Waals surface area contributed by atoms with Gasteiger partial charge in [0.2, 0.25) is 0 Å². The maximum absolute atomic E-state index is 6.24. The van der Waals surface area contributed by atoms with Crippen molar-refractivity contribution in [3.63, 3.8) is 0 Å². The van der Waals surface area contributed by atoms with Crippen LogP contribution in [0.1, 0.15) is 23.6 Å². The van der Waals surface area contributed by atoms with Crippen LogP contribution in [-0.2, 0) is 13.0 Å². The third-order valence-corrected chi connectivity index (χ3v) is 4.00. The van der Waals surface area contributed by atoms with Crippen LogP contribution in [0.4, 0.5) is 0 Å². The first kappa shape index (κ1) is 16.3. The van der Waals surface area contributed by atoms with Crippen LogP contribution in [0, 0.1) is 6.92 Å². The van der Waals surface area contributed by atoms with E-state index in [1.165, 1.54) is 0 Å². The van der Waals surface area contributed by atoms with Gasteiger partial charge in [-0.15, -0.1) is 0 Å². The van der Waals surface area contributed by atoms with Gasteiger partial charge < -0.3 is 10.5 Å². The van der Waals surface area contributed by atoms with Crippen molar-refractivity contribution in [2.24, 2.45) is 5.73 Å². The third kappa shape index (κ3) is 4.73. The Morgan fingerprint density at radius 1 is 1.19 bits per heavy atom. The second-order valence-electron chi connectivity index (χ2n) is 5.32. The minimum absolute atomic E-state index is 0.0876. The summed E-state index contributed by atoms with van der Waals surface area (Å²) in [7, 11) is 0. The monoisotopic (exact) mass is 367 g/mol. The Kier molecular flexibility index (Phi) is 5.68. The van der Waals surface area contributed by atoms with Crippen molar-refractivity contribution in [1.29, 1.82) is 0 Å². The summed E-state index contributed by atoms with van der Waals surface area (Å²) in [5.41, 5.74) is 9.13. The summed E-state index contributed by atoms with van der Waals surface area (Å²) >= 11 is 9.72. The van der Waals surface area contributed by atoms with Crippen LogP contribution >= 0.6 is 27.5 Å². The van der Waals surface area contributed by atoms with Gasteiger partial charge in [0.05, 0.1) is 0 Å². The maximum Gasteiger partial charge on any atom is 0.123 e. The van der Waals surface area contributed by atoms with Crippen molar-refractivity contribution >= 4 is 27.5 Å². The second kappa shape index (κ2) is 7.30.